The Kier molecular flexibility index (Phi) is 5.33. The van der Waals surface area contributed by atoms with Gasteiger partial charge in [-0.15, -0.1) is 0 Å². The molecule has 118 valence electrons. The first-order valence-corrected chi connectivity index (χ1v) is 7.65. The van der Waals surface area contributed by atoms with Crippen molar-refractivity contribution < 1.29 is 14.8 Å². The summed E-state index contributed by atoms with van der Waals surface area (Å²) < 4.78 is 0. The highest BCUT2D eigenvalue weighted by atomic mass is 16.4. The van der Waals surface area contributed by atoms with Gasteiger partial charge in [0, 0.05) is 23.3 Å². The first-order valence-electron chi connectivity index (χ1n) is 7.65. The molecule has 1 aromatic carbocycles. The SMILES string of the molecule is Cc1cc(NCCCC[NH+](C)C)c2cc(C(=O)O)ccc2n1. The highest BCUT2D eigenvalue weighted by Gasteiger charge is 2.08. The molecule has 2 rings (SSSR count). The summed E-state index contributed by atoms with van der Waals surface area (Å²) in [7, 11) is 4.31. The van der Waals surface area contributed by atoms with Gasteiger partial charge in [-0.05, 0) is 44.0 Å². The average molecular weight is 302 g/mol. The highest BCUT2D eigenvalue weighted by Crippen LogP contribution is 2.24. The molecule has 0 saturated carbocycles. The number of quaternary nitrogens is 1. The monoisotopic (exact) mass is 302 g/mol. The summed E-state index contributed by atoms with van der Waals surface area (Å²) in [6.45, 7) is 3.98. The molecule has 3 N–H and O–H groups in total. The maximum atomic E-state index is 11.1. The van der Waals surface area contributed by atoms with Crippen molar-refractivity contribution in [3.05, 3.63) is 35.5 Å². The van der Waals surface area contributed by atoms with Crippen LogP contribution in [-0.2, 0) is 0 Å². The number of aryl methyl sites for hydroxylation is 1. The molecule has 2 aromatic rings. The van der Waals surface area contributed by atoms with E-state index in [1.807, 2.05) is 13.0 Å². The quantitative estimate of drug-likeness (QED) is 0.679. The Morgan fingerprint density at radius 1 is 1.27 bits per heavy atom. The molecule has 0 aliphatic heterocycles. The van der Waals surface area contributed by atoms with E-state index in [2.05, 4.69) is 24.4 Å². The van der Waals surface area contributed by atoms with Gasteiger partial charge in [-0.3, -0.25) is 4.98 Å². The van der Waals surface area contributed by atoms with Gasteiger partial charge in [0.1, 0.15) is 0 Å². The van der Waals surface area contributed by atoms with Gasteiger partial charge in [0.05, 0.1) is 31.7 Å². The summed E-state index contributed by atoms with van der Waals surface area (Å²) in [5.41, 5.74) is 3.00. The maximum absolute atomic E-state index is 11.1. The molecular formula is C17H24N3O2+. The molecule has 0 bridgehead atoms. The molecule has 1 aromatic heterocycles. The van der Waals surface area contributed by atoms with Crippen LogP contribution in [0.25, 0.3) is 10.9 Å². The van der Waals surface area contributed by atoms with Gasteiger partial charge in [-0.1, -0.05) is 0 Å². The number of aromatic nitrogens is 1. The van der Waals surface area contributed by atoms with Crippen LogP contribution in [-0.4, -0.2) is 43.2 Å². The average Bonchev–Trinajstić information content (AvgIpc) is 2.45. The van der Waals surface area contributed by atoms with Crippen LogP contribution < -0.4 is 10.2 Å². The topological polar surface area (TPSA) is 66.7 Å². The second-order valence-corrected chi connectivity index (χ2v) is 5.94. The van der Waals surface area contributed by atoms with Crippen molar-refractivity contribution in [1.29, 1.82) is 0 Å². The molecule has 0 aliphatic rings. The number of anilines is 1. The number of unbranched alkanes of at least 4 members (excludes halogenated alkanes) is 1. The van der Waals surface area contributed by atoms with Crippen molar-refractivity contribution in [2.75, 3.05) is 32.5 Å². The third-order valence-corrected chi connectivity index (χ3v) is 3.60. The summed E-state index contributed by atoms with van der Waals surface area (Å²) in [6, 6.07) is 7.04. The lowest BCUT2D eigenvalue weighted by Gasteiger charge is -2.12. The summed E-state index contributed by atoms with van der Waals surface area (Å²) in [5.74, 6) is -0.914. The number of hydrogen-bond donors (Lipinski definition) is 3. The van der Waals surface area contributed by atoms with E-state index < -0.39 is 5.97 Å². The molecule has 0 saturated heterocycles. The van der Waals surface area contributed by atoms with E-state index in [1.54, 1.807) is 18.2 Å². The predicted octanol–water partition coefficient (Wildman–Crippen LogP) is 1.58. The zero-order valence-electron chi connectivity index (χ0n) is 13.4. The summed E-state index contributed by atoms with van der Waals surface area (Å²) in [5, 5.41) is 13.4. The van der Waals surface area contributed by atoms with E-state index in [-0.39, 0.29) is 5.56 Å². The molecule has 22 heavy (non-hydrogen) atoms. The van der Waals surface area contributed by atoms with Gasteiger partial charge in [-0.2, -0.15) is 0 Å². The van der Waals surface area contributed by atoms with Gasteiger partial charge >= 0.3 is 5.97 Å². The fourth-order valence-corrected chi connectivity index (χ4v) is 2.46. The van der Waals surface area contributed by atoms with Gasteiger partial charge in [-0.25, -0.2) is 4.79 Å². The van der Waals surface area contributed by atoms with Crippen LogP contribution in [0.2, 0.25) is 0 Å². The van der Waals surface area contributed by atoms with Gasteiger partial charge in [0.15, 0.2) is 0 Å². The lowest BCUT2D eigenvalue weighted by atomic mass is 10.1. The largest absolute Gasteiger partial charge is 0.478 e. The molecule has 0 spiro atoms. The molecule has 0 amide bonds. The molecule has 5 heteroatoms. The van der Waals surface area contributed by atoms with E-state index in [1.165, 1.54) is 4.90 Å². The standard InChI is InChI=1S/C17H23N3O2/c1-12-10-16(18-8-4-5-9-20(2)3)14-11-13(17(21)22)6-7-15(14)19-12/h6-7,10-11H,4-5,8-9H2,1-3H3,(H,18,19)(H,21,22)/p+1. The molecule has 0 atom stereocenters. The number of carbonyl (C=O) groups is 1. The molecule has 0 fully saturated rings. The maximum Gasteiger partial charge on any atom is 0.335 e. The minimum Gasteiger partial charge on any atom is -0.478 e. The fourth-order valence-electron chi connectivity index (χ4n) is 2.46. The van der Waals surface area contributed by atoms with E-state index >= 15 is 0 Å². The van der Waals surface area contributed by atoms with Crippen LogP contribution in [0.15, 0.2) is 24.3 Å². The predicted molar refractivity (Wildman–Crippen MR) is 88.8 cm³/mol. The Morgan fingerprint density at radius 2 is 2.05 bits per heavy atom. The van der Waals surface area contributed by atoms with Crippen molar-refractivity contribution >= 4 is 22.6 Å². The minimum atomic E-state index is -0.914. The Labute approximate surface area is 131 Å². The fraction of sp³-hybridized carbons (Fsp3) is 0.412. The van der Waals surface area contributed by atoms with E-state index in [9.17, 15) is 4.79 Å². The number of aromatic carboxylic acids is 1. The van der Waals surface area contributed by atoms with Gasteiger partial charge in [0.25, 0.3) is 0 Å². The van der Waals surface area contributed by atoms with Crippen molar-refractivity contribution in [3.8, 4) is 0 Å². The Morgan fingerprint density at radius 3 is 2.73 bits per heavy atom. The number of carboxylic acids is 1. The molecule has 1 heterocycles. The Balaban J connectivity index is 2.16. The van der Waals surface area contributed by atoms with Gasteiger partial charge in [0.2, 0.25) is 0 Å². The van der Waals surface area contributed by atoms with Crippen LogP contribution >= 0.6 is 0 Å². The minimum absolute atomic E-state index is 0.289. The number of pyridine rings is 1. The number of benzene rings is 1. The van der Waals surface area contributed by atoms with Crippen LogP contribution in [0.5, 0.6) is 0 Å². The van der Waals surface area contributed by atoms with Crippen molar-refractivity contribution in [1.82, 2.24) is 4.98 Å². The molecular weight excluding hydrogens is 278 g/mol. The third kappa shape index (κ3) is 4.18. The number of fused-ring (bicyclic) bond motifs is 1. The van der Waals surface area contributed by atoms with E-state index in [4.69, 9.17) is 5.11 Å². The normalized spacial score (nSPS) is 11.1. The van der Waals surface area contributed by atoms with Crippen LogP contribution in [0.4, 0.5) is 5.69 Å². The van der Waals surface area contributed by atoms with Crippen LogP contribution in [0, 0.1) is 6.92 Å². The number of carboxylic acid groups (broad SMARTS) is 1. The number of rotatable bonds is 7. The van der Waals surface area contributed by atoms with Crippen molar-refractivity contribution in [2.45, 2.75) is 19.8 Å². The van der Waals surface area contributed by atoms with Crippen molar-refractivity contribution in [2.24, 2.45) is 0 Å². The first-order chi connectivity index (χ1) is 10.5. The second kappa shape index (κ2) is 7.22. The molecule has 5 nitrogen and oxygen atoms in total. The van der Waals surface area contributed by atoms with E-state index in [0.717, 1.165) is 48.2 Å². The third-order valence-electron chi connectivity index (χ3n) is 3.60. The van der Waals surface area contributed by atoms with Crippen molar-refractivity contribution in [3.63, 3.8) is 0 Å². The Bertz CT molecular complexity index is 668. The van der Waals surface area contributed by atoms with E-state index in [0.29, 0.717) is 0 Å². The first kappa shape index (κ1) is 16.2. The summed E-state index contributed by atoms with van der Waals surface area (Å²) in [4.78, 5) is 17.1. The Hall–Kier alpha value is -2.14. The summed E-state index contributed by atoms with van der Waals surface area (Å²) >= 11 is 0. The number of nitrogens with zero attached hydrogens (tertiary/aromatic N) is 1. The smallest absolute Gasteiger partial charge is 0.335 e. The zero-order valence-corrected chi connectivity index (χ0v) is 13.4. The lowest BCUT2D eigenvalue weighted by molar-refractivity contribution is -0.858. The molecule has 0 radical (unpaired) electrons. The zero-order chi connectivity index (χ0) is 16.1. The van der Waals surface area contributed by atoms with Crippen LogP contribution in [0.3, 0.4) is 0 Å². The molecule has 0 aliphatic carbocycles. The number of hydrogen-bond acceptors (Lipinski definition) is 3. The molecule has 0 unspecified atom stereocenters. The van der Waals surface area contributed by atoms with Crippen LogP contribution in [0.1, 0.15) is 28.9 Å². The van der Waals surface area contributed by atoms with Gasteiger partial charge < -0.3 is 15.3 Å². The lowest BCUT2D eigenvalue weighted by Crippen LogP contribution is -3.05. The highest BCUT2D eigenvalue weighted by molar-refractivity contribution is 5.98. The summed E-state index contributed by atoms with van der Waals surface area (Å²) in [6.07, 6.45) is 2.25. The second-order valence-electron chi connectivity index (χ2n) is 5.94. The number of nitrogens with one attached hydrogen (secondary N) is 2.